The largest absolute Gasteiger partial charge is 0.495 e. The number of anilines is 1. The molecule has 6 heteroatoms. The highest BCUT2D eigenvalue weighted by Gasteiger charge is 2.52. The summed E-state index contributed by atoms with van der Waals surface area (Å²) in [6, 6.07) is 11.1. The predicted molar refractivity (Wildman–Crippen MR) is 101 cm³/mol. The Morgan fingerprint density at radius 1 is 0.962 bits per heavy atom. The first-order valence-corrected chi connectivity index (χ1v) is 8.70. The number of para-hydroxylation sites is 1. The van der Waals surface area contributed by atoms with Crippen LogP contribution in [0.4, 0.5) is 14.5 Å². The van der Waals surface area contributed by atoms with Gasteiger partial charge >= 0.3 is 7.12 Å². The molecule has 1 aliphatic rings. The number of benzene rings is 2. The molecule has 1 fully saturated rings. The number of hydrogen-bond acceptors (Lipinski definition) is 3. The minimum absolute atomic E-state index is 0.297. The van der Waals surface area contributed by atoms with Gasteiger partial charge in [0.05, 0.1) is 16.9 Å². The summed E-state index contributed by atoms with van der Waals surface area (Å²) in [7, 11) is 1.13. The van der Waals surface area contributed by atoms with Crippen LogP contribution in [0.25, 0.3) is 0 Å². The molecule has 0 spiro atoms. The molecule has 3 nitrogen and oxygen atoms in total. The van der Waals surface area contributed by atoms with Crippen molar-refractivity contribution in [1.82, 2.24) is 0 Å². The second-order valence-corrected chi connectivity index (χ2v) is 7.74. The monoisotopic (exact) mass is 359 g/mol. The van der Waals surface area contributed by atoms with E-state index in [1.165, 1.54) is 18.2 Å². The molecule has 0 N–H and O–H groups in total. The molecular weight excluding hydrogens is 335 g/mol. The summed E-state index contributed by atoms with van der Waals surface area (Å²) in [6.07, 6.45) is 0. The first-order valence-electron chi connectivity index (χ1n) is 8.70. The van der Waals surface area contributed by atoms with Crippen LogP contribution >= 0.6 is 0 Å². The van der Waals surface area contributed by atoms with Crippen molar-refractivity contribution in [3.8, 4) is 0 Å². The number of nitrogens with zero attached hydrogens (tertiary/aromatic N) is 1. The number of halogens is 2. The van der Waals surface area contributed by atoms with Gasteiger partial charge in [-0.25, -0.2) is 8.78 Å². The van der Waals surface area contributed by atoms with E-state index in [-0.39, 0.29) is 11.6 Å². The third kappa shape index (κ3) is 3.48. The van der Waals surface area contributed by atoms with Crippen molar-refractivity contribution in [2.45, 2.75) is 45.4 Å². The van der Waals surface area contributed by atoms with Gasteiger partial charge < -0.3 is 14.2 Å². The van der Waals surface area contributed by atoms with E-state index >= 15 is 0 Å². The standard InChI is InChI=1S/C20H24BF2NO2/c1-19(2)20(3,4)26-21(25-19)16-12-15(22)11-10-14(16)13-24(5)18-9-7-6-8-17(18)23/h6-12H,13H2,1-5H3. The highest BCUT2D eigenvalue weighted by atomic mass is 19.1. The lowest BCUT2D eigenvalue weighted by atomic mass is 9.75. The second kappa shape index (κ2) is 6.67. The van der Waals surface area contributed by atoms with Gasteiger partial charge in [-0.2, -0.15) is 0 Å². The lowest BCUT2D eigenvalue weighted by Gasteiger charge is -2.32. The van der Waals surface area contributed by atoms with Crippen molar-refractivity contribution >= 4 is 18.3 Å². The number of rotatable bonds is 4. The van der Waals surface area contributed by atoms with Crippen molar-refractivity contribution in [2.24, 2.45) is 0 Å². The molecule has 26 heavy (non-hydrogen) atoms. The Bertz CT molecular complexity index is 794. The molecule has 2 aromatic rings. The van der Waals surface area contributed by atoms with E-state index in [0.29, 0.717) is 17.7 Å². The first kappa shape index (κ1) is 18.9. The average molecular weight is 359 g/mol. The third-order valence-electron chi connectivity index (χ3n) is 5.29. The summed E-state index contributed by atoms with van der Waals surface area (Å²) in [5, 5.41) is 0. The maximum atomic E-state index is 14.1. The molecule has 0 aliphatic carbocycles. The van der Waals surface area contributed by atoms with Gasteiger partial charge in [0.1, 0.15) is 11.6 Å². The van der Waals surface area contributed by atoms with Crippen LogP contribution in [0.2, 0.25) is 0 Å². The predicted octanol–water partition coefficient (Wildman–Crippen LogP) is 3.90. The molecule has 0 saturated carbocycles. The van der Waals surface area contributed by atoms with Crippen molar-refractivity contribution in [2.75, 3.05) is 11.9 Å². The van der Waals surface area contributed by atoms with Gasteiger partial charge in [0.25, 0.3) is 0 Å². The highest BCUT2D eigenvalue weighted by molar-refractivity contribution is 6.62. The van der Waals surface area contributed by atoms with Gasteiger partial charge in [-0.15, -0.1) is 0 Å². The Hall–Kier alpha value is -1.92. The Labute approximate surface area is 154 Å². The van der Waals surface area contributed by atoms with E-state index in [2.05, 4.69) is 0 Å². The summed E-state index contributed by atoms with van der Waals surface area (Å²) >= 11 is 0. The second-order valence-electron chi connectivity index (χ2n) is 7.74. The molecule has 0 aromatic heterocycles. The minimum Gasteiger partial charge on any atom is -0.399 e. The Morgan fingerprint density at radius 3 is 2.19 bits per heavy atom. The zero-order valence-electron chi connectivity index (χ0n) is 15.8. The van der Waals surface area contributed by atoms with Gasteiger partial charge in [-0.3, -0.25) is 0 Å². The zero-order valence-corrected chi connectivity index (χ0v) is 15.8. The van der Waals surface area contributed by atoms with E-state index in [4.69, 9.17) is 9.31 Å². The van der Waals surface area contributed by atoms with E-state index in [9.17, 15) is 8.78 Å². The van der Waals surface area contributed by atoms with E-state index < -0.39 is 18.3 Å². The van der Waals surface area contributed by atoms with Crippen molar-refractivity contribution < 1.29 is 18.1 Å². The molecule has 0 unspecified atom stereocenters. The minimum atomic E-state index is -0.667. The van der Waals surface area contributed by atoms with Crippen LogP contribution in [0.15, 0.2) is 42.5 Å². The molecule has 0 bridgehead atoms. The summed E-state index contributed by atoms with van der Waals surface area (Å²) in [5.74, 6) is -0.652. The molecule has 0 radical (unpaired) electrons. The Balaban J connectivity index is 1.91. The molecule has 0 amide bonds. The quantitative estimate of drug-likeness (QED) is 0.773. The topological polar surface area (TPSA) is 21.7 Å². The van der Waals surface area contributed by atoms with Crippen molar-refractivity contribution in [3.63, 3.8) is 0 Å². The van der Waals surface area contributed by atoms with Gasteiger partial charge in [-0.05, 0) is 63.0 Å². The average Bonchev–Trinajstić information content (AvgIpc) is 2.77. The van der Waals surface area contributed by atoms with Gasteiger partial charge in [0.15, 0.2) is 0 Å². The van der Waals surface area contributed by atoms with Crippen LogP contribution in [0, 0.1) is 11.6 Å². The molecule has 1 saturated heterocycles. The summed E-state index contributed by atoms with van der Waals surface area (Å²) in [4.78, 5) is 1.79. The lowest BCUT2D eigenvalue weighted by molar-refractivity contribution is 0.00578. The molecule has 1 aliphatic heterocycles. The maximum absolute atomic E-state index is 14.1. The van der Waals surface area contributed by atoms with Crippen LogP contribution in [0.5, 0.6) is 0 Å². The van der Waals surface area contributed by atoms with E-state index in [1.54, 1.807) is 36.2 Å². The fourth-order valence-electron chi connectivity index (χ4n) is 3.00. The van der Waals surface area contributed by atoms with Gasteiger partial charge in [-0.1, -0.05) is 18.2 Å². The Morgan fingerprint density at radius 2 is 1.58 bits per heavy atom. The van der Waals surface area contributed by atoms with E-state index in [0.717, 1.165) is 5.56 Å². The molecule has 2 aromatic carbocycles. The van der Waals surface area contributed by atoms with E-state index in [1.807, 2.05) is 27.7 Å². The molecule has 1 heterocycles. The van der Waals surface area contributed by atoms with Crippen LogP contribution in [-0.4, -0.2) is 25.4 Å². The SMILES string of the molecule is CN(Cc1ccc(F)cc1B1OC(C)(C)C(C)(C)O1)c1ccccc1F. The molecule has 0 atom stereocenters. The molecule has 3 rings (SSSR count). The van der Waals surface area contributed by atoms with Crippen LogP contribution in [0.3, 0.4) is 0 Å². The van der Waals surface area contributed by atoms with Crippen molar-refractivity contribution in [1.29, 1.82) is 0 Å². The van der Waals surface area contributed by atoms with Gasteiger partial charge in [0, 0.05) is 13.6 Å². The Kier molecular flexibility index (Phi) is 4.84. The summed E-state index contributed by atoms with van der Waals surface area (Å²) in [6.45, 7) is 8.23. The highest BCUT2D eigenvalue weighted by Crippen LogP contribution is 2.36. The van der Waals surface area contributed by atoms with Crippen LogP contribution in [0.1, 0.15) is 33.3 Å². The van der Waals surface area contributed by atoms with Crippen molar-refractivity contribution in [3.05, 3.63) is 59.7 Å². The van der Waals surface area contributed by atoms with Crippen LogP contribution in [-0.2, 0) is 15.9 Å². The third-order valence-corrected chi connectivity index (χ3v) is 5.29. The first-order chi connectivity index (χ1) is 12.1. The fourth-order valence-corrected chi connectivity index (χ4v) is 3.00. The summed E-state index contributed by atoms with van der Waals surface area (Å²) in [5.41, 5.74) is 0.913. The lowest BCUT2D eigenvalue weighted by Crippen LogP contribution is -2.41. The summed E-state index contributed by atoms with van der Waals surface area (Å²) < 4.78 is 40.1. The normalized spacial score (nSPS) is 18.2. The zero-order chi connectivity index (χ0) is 19.1. The maximum Gasteiger partial charge on any atom is 0.495 e. The fraction of sp³-hybridized carbons (Fsp3) is 0.400. The van der Waals surface area contributed by atoms with Gasteiger partial charge in [0.2, 0.25) is 0 Å². The molecule has 138 valence electrons. The molecular formula is C20H24BF2NO2. The van der Waals surface area contributed by atoms with Crippen LogP contribution < -0.4 is 10.4 Å². The smallest absolute Gasteiger partial charge is 0.399 e. The number of hydrogen-bond donors (Lipinski definition) is 0.